The van der Waals surface area contributed by atoms with Crippen molar-refractivity contribution in [1.29, 1.82) is 0 Å². The molecule has 0 atom stereocenters. The molecule has 0 spiro atoms. The average molecular weight is 301 g/mol. The van der Waals surface area contributed by atoms with Gasteiger partial charge in [-0.15, -0.1) is 0 Å². The number of thioether (sulfide) groups is 1. The third kappa shape index (κ3) is 5.12. The minimum absolute atomic E-state index is 0.309. The number of ether oxygens (including phenoxy) is 1. The zero-order valence-corrected chi connectivity index (χ0v) is 12.8. The number of carbonyl (C=O) groups is 1. The molecule has 1 amide bonds. The van der Waals surface area contributed by atoms with E-state index in [-0.39, 0.29) is 5.69 Å². The van der Waals surface area contributed by atoms with Crippen LogP contribution in [0.5, 0.6) is 5.88 Å². The summed E-state index contributed by atoms with van der Waals surface area (Å²) in [7, 11) is 0. The summed E-state index contributed by atoms with van der Waals surface area (Å²) in [6.45, 7) is 7.07. The lowest BCUT2D eigenvalue weighted by atomic mass is 10.2. The third-order valence-corrected chi connectivity index (χ3v) is 3.03. The molecule has 0 aromatic carbocycles. The first-order valence-electron chi connectivity index (χ1n) is 6.19. The molecule has 0 bridgehead atoms. The molecule has 7 nitrogen and oxygen atoms in total. The summed E-state index contributed by atoms with van der Waals surface area (Å²) in [5.41, 5.74) is -1.64. The Labute approximate surface area is 121 Å². The van der Waals surface area contributed by atoms with Crippen LogP contribution in [0.1, 0.15) is 34.1 Å². The molecule has 0 saturated carbocycles. The fourth-order valence-corrected chi connectivity index (χ4v) is 1.94. The highest BCUT2D eigenvalue weighted by atomic mass is 32.2. The summed E-state index contributed by atoms with van der Waals surface area (Å²) in [5.74, 6) is 0.236. The Morgan fingerprint density at radius 2 is 2.15 bits per heavy atom. The monoisotopic (exact) mass is 301 g/mol. The van der Waals surface area contributed by atoms with Crippen LogP contribution in [0.3, 0.4) is 0 Å². The molecule has 0 radical (unpaired) electrons. The van der Waals surface area contributed by atoms with Gasteiger partial charge in [-0.3, -0.25) is 15.1 Å². The SMILES string of the molecule is CCCSc1nc(O)c(NC(=O)OC(C)(C)C)c(=O)[nH]1. The van der Waals surface area contributed by atoms with Crippen LogP contribution < -0.4 is 10.9 Å². The maximum atomic E-state index is 11.8. The summed E-state index contributed by atoms with van der Waals surface area (Å²) >= 11 is 1.32. The zero-order chi connectivity index (χ0) is 15.3. The Morgan fingerprint density at radius 1 is 1.50 bits per heavy atom. The van der Waals surface area contributed by atoms with Crippen molar-refractivity contribution in [3.05, 3.63) is 10.4 Å². The van der Waals surface area contributed by atoms with Gasteiger partial charge < -0.3 is 9.84 Å². The molecular weight excluding hydrogens is 282 g/mol. The Bertz CT molecular complexity index is 536. The van der Waals surface area contributed by atoms with Crippen LogP contribution in [0.2, 0.25) is 0 Å². The Kier molecular flexibility index (Phi) is 5.43. The van der Waals surface area contributed by atoms with Crippen LogP contribution in [0.4, 0.5) is 10.5 Å². The highest BCUT2D eigenvalue weighted by Crippen LogP contribution is 2.20. The maximum Gasteiger partial charge on any atom is 0.412 e. The predicted molar refractivity (Wildman–Crippen MR) is 77.4 cm³/mol. The summed E-state index contributed by atoms with van der Waals surface area (Å²) in [6.07, 6.45) is 0.0848. The number of hydrogen-bond donors (Lipinski definition) is 3. The Balaban J connectivity index is 2.86. The lowest BCUT2D eigenvalue weighted by Crippen LogP contribution is -2.29. The van der Waals surface area contributed by atoms with Crippen LogP contribution in [0.15, 0.2) is 9.95 Å². The molecule has 1 rings (SSSR count). The van der Waals surface area contributed by atoms with Gasteiger partial charge in [-0.1, -0.05) is 18.7 Å². The van der Waals surface area contributed by atoms with E-state index in [1.807, 2.05) is 6.92 Å². The van der Waals surface area contributed by atoms with Crippen LogP contribution in [0.25, 0.3) is 0 Å². The molecule has 3 N–H and O–H groups in total. The van der Waals surface area contributed by atoms with E-state index < -0.39 is 23.1 Å². The van der Waals surface area contributed by atoms with Crippen molar-refractivity contribution in [2.45, 2.75) is 44.9 Å². The first kappa shape index (κ1) is 16.4. The lowest BCUT2D eigenvalue weighted by Gasteiger charge is -2.19. The number of aromatic nitrogens is 2. The number of H-pyrrole nitrogens is 1. The molecule has 0 fully saturated rings. The Morgan fingerprint density at radius 3 is 2.65 bits per heavy atom. The van der Waals surface area contributed by atoms with Crippen LogP contribution in [0, 0.1) is 0 Å². The average Bonchev–Trinajstić information content (AvgIpc) is 2.29. The molecule has 0 unspecified atom stereocenters. The Hall–Kier alpha value is -1.70. The minimum Gasteiger partial charge on any atom is -0.492 e. The molecular formula is C12H19N3O4S. The van der Waals surface area contributed by atoms with Gasteiger partial charge in [0.05, 0.1) is 0 Å². The molecule has 0 aliphatic carbocycles. The largest absolute Gasteiger partial charge is 0.492 e. The van der Waals surface area contributed by atoms with Crippen LogP contribution in [-0.4, -0.2) is 32.5 Å². The number of carbonyl (C=O) groups excluding carboxylic acids is 1. The molecule has 1 aromatic heterocycles. The van der Waals surface area contributed by atoms with Gasteiger partial charge in [-0.2, -0.15) is 4.98 Å². The smallest absolute Gasteiger partial charge is 0.412 e. The summed E-state index contributed by atoms with van der Waals surface area (Å²) in [5, 5.41) is 12.2. The van der Waals surface area contributed by atoms with Crippen LogP contribution in [-0.2, 0) is 4.74 Å². The van der Waals surface area contributed by atoms with Gasteiger partial charge in [-0.05, 0) is 27.2 Å². The first-order chi connectivity index (χ1) is 9.23. The standard InChI is InChI=1S/C12H19N3O4S/c1-5-6-20-10-14-8(16)7(9(17)15-10)13-11(18)19-12(2,3)4/h5-6H2,1-4H3,(H,13,18)(H2,14,15,16,17). The van der Waals surface area contributed by atoms with Crippen molar-refractivity contribution in [3.8, 4) is 5.88 Å². The topological polar surface area (TPSA) is 104 Å². The second-order valence-corrected chi connectivity index (χ2v) is 6.13. The highest BCUT2D eigenvalue weighted by Gasteiger charge is 2.19. The van der Waals surface area contributed by atoms with E-state index in [2.05, 4.69) is 15.3 Å². The summed E-state index contributed by atoms with van der Waals surface area (Å²) in [6, 6.07) is 0. The van der Waals surface area contributed by atoms with Gasteiger partial charge >= 0.3 is 6.09 Å². The van der Waals surface area contributed by atoms with Crippen molar-refractivity contribution in [2.24, 2.45) is 0 Å². The summed E-state index contributed by atoms with van der Waals surface area (Å²) < 4.78 is 5.00. The molecule has 1 aromatic rings. The van der Waals surface area contributed by atoms with Gasteiger partial charge in [0, 0.05) is 5.75 Å². The second-order valence-electron chi connectivity index (χ2n) is 5.05. The fourth-order valence-electron chi connectivity index (χ4n) is 1.23. The quantitative estimate of drug-likeness (QED) is 0.582. The van der Waals surface area contributed by atoms with Crippen molar-refractivity contribution < 1.29 is 14.6 Å². The molecule has 0 aliphatic rings. The van der Waals surface area contributed by atoms with E-state index >= 15 is 0 Å². The minimum atomic E-state index is -0.825. The second kappa shape index (κ2) is 6.65. The molecule has 0 aliphatic heterocycles. The maximum absolute atomic E-state index is 11.8. The number of aromatic hydroxyl groups is 1. The van der Waals surface area contributed by atoms with E-state index in [0.29, 0.717) is 5.16 Å². The van der Waals surface area contributed by atoms with Crippen molar-refractivity contribution in [2.75, 3.05) is 11.1 Å². The van der Waals surface area contributed by atoms with Gasteiger partial charge in [0.25, 0.3) is 5.56 Å². The van der Waals surface area contributed by atoms with Crippen LogP contribution >= 0.6 is 11.8 Å². The number of nitrogens with zero attached hydrogens (tertiary/aromatic N) is 1. The van der Waals surface area contributed by atoms with Gasteiger partial charge in [0.2, 0.25) is 5.88 Å². The molecule has 0 saturated heterocycles. The number of amides is 1. The van der Waals surface area contributed by atoms with Crippen molar-refractivity contribution in [1.82, 2.24) is 9.97 Å². The molecule has 20 heavy (non-hydrogen) atoms. The third-order valence-electron chi connectivity index (χ3n) is 1.95. The molecule has 112 valence electrons. The normalized spacial score (nSPS) is 11.2. The molecule has 1 heterocycles. The van der Waals surface area contributed by atoms with Crippen molar-refractivity contribution >= 4 is 23.5 Å². The number of aromatic amines is 1. The van der Waals surface area contributed by atoms with Gasteiger partial charge in [0.15, 0.2) is 10.8 Å². The zero-order valence-electron chi connectivity index (χ0n) is 11.9. The number of anilines is 1. The van der Waals surface area contributed by atoms with Crippen molar-refractivity contribution in [3.63, 3.8) is 0 Å². The fraction of sp³-hybridized carbons (Fsp3) is 0.583. The van der Waals surface area contributed by atoms with E-state index in [9.17, 15) is 14.7 Å². The summed E-state index contributed by atoms with van der Waals surface area (Å²) in [4.78, 5) is 29.6. The highest BCUT2D eigenvalue weighted by molar-refractivity contribution is 7.99. The van der Waals surface area contributed by atoms with Gasteiger partial charge in [-0.25, -0.2) is 4.79 Å². The lowest BCUT2D eigenvalue weighted by molar-refractivity contribution is 0.0635. The van der Waals surface area contributed by atoms with Gasteiger partial charge in [0.1, 0.15) is 5.60 Å². The predicted octanol–water partition coefficient (Wildman–Crippen LogP) is 2.32. The molecule has 8 heteroatoms. The number of hydrogen-bond acceptors (Lipinski definition) is 6. The first-order valence-corrected chi connectivity index (χ1v) is 7.17. The van der Waals surface area contributed by atoms with E-state index in [1.54, 1.807) is 20.8 Å². The number of nitrogens with one attached hydrogen (secondary N) is 2. The number of rotatable bonds is 4. The van der Waals surface area contributed by atoms with E-state index in [1.165, 1.54) is 11.8 Å². The van der Waals surface area contributed by atoms with E-state index in [0.717, 1.165) is 12.2 Å². The van der Waals surface area contributed by atoms with E-state index in [4.69, 9.17) is 4.74 Å².